The van der Waals surface area contributed by atoms with Crippen molar-refractivity contribution in [2.75, 3.05) is 0 Å². The first kappa shape index (κ1) is 9.10. The molecule has 2 N–H and O–H groups in total. The molecule has 13 heavy (non-hydrogen) atoms. The fourth-order valence-electron chi connectivity index (χ4n) is 2.06. The van der Waals surface area contributed by atoms with Gasteiger partial charge in [0.05, 0.1) is 6.04 Å². The van der Waals surface area contributed by atoms with Gasteiger partial charge in [0.2, 0.25) is 0 Å². The van der Waals surface area contributed by atoms with Crippen LogP contribution in [0.3, 0.4) is 0 Å². The first-order valence-corrected chi connectivity index (χ1v) is 5.16. The lowest BCUT2D eigenvalue weighted by Crippen LogP contribution is -2.18. The average Bonchev–Trinajstić information content (AvgIpc) is 2.72. The molecule has 72 valence electrons. The molecule has 0 amide bonds. The van der Waals surface area contributed by atoms with Crippen molar-refractivity contribution in [3.63, 3.8) is 0 Å². The zero-order chi connectivity index (χ0) is 9.26. The third-order valence-corrected chi connectivity index (χ3v) is 3.03. The Morgan fingerprint density at radius 3 is 2.62 bits per heavy atom. The summed E-state index contributed by atoms with van der Waals surface area (Å²) in [6.45, 7) is 0. The molecule has 0 aromatic carbocycles. The van der Waals surface area contributed by atoms with Crippen molar-refractivity contribution in [1.29, 1.82) is 0 Å². The number of rotatable bonds is 2. The molecule has 0 saturated heterocycles. The molecule has 1 aromatic rings. The van der Waals surface area contributed by atoms with Crippen molar-refractivity contribution in [3.05, 3.63) is 23.1 Å². The van der Waals surface area contributed by atoms with Gasteiger partial charge < -0.3 is 10.2 Å². The Kier molecular flexibility index (Phi) is 2.61. The summed E-state index contributed by atoms with van der Waals surface area (Å²) in [6.07, 6.45) is 5.04. The maximum atomic E-state index is 6.06. The highest BCUT2D eigenvalue weighted by Crippen LogP contribution is 2.35. The Morgan fingerprint density at radius 2 is 2.08 bits per heavy atom. The van der Waals surface area contributed by atoms with Crippen molar-refractivity contribution in [2.24, 2.45) is 11.7 Å². The van der Waals surface area contributed by atoms with Crippen molar-refractivity contribution in [3.8, 4) is 0 Å². The molecule has 1 unspecified atom stereocenters. The average molecular weight is 200 g/mol. The summed E-state index contributed by atoms with van der Waals surface area (Å²) >= 11 is 5.69. The Morgan fingerprint density at radius 1 is 1.38 bits per heavy atom. The second-order valence-electron chi connectivity index (χ2n) is 3.71. The SMILES string of the molecule is NC(c1ccc(Cl)o1)C1CCCC1. The van der Waals surface area contributed by atoms with Crippen molar-refractivity contribution >= 4 is 11.6 Å². The Bertz CT molecular complexity index is 278. The van der Waals surface area contributed by atoms with E-state index in [1.165, 1.54) is 25.7 Å². The Balaban J connectivity index is 2.07. The van der Waals surface area contributed by atoms with E-state index in [0.29, 0.717) is 11.1 Å². The molecule has 1 aliphatic rings. The topological polar surface area (TPSA) is 39.2 Å². The van der Waals surface area contributed by atoms with Crippen molar-refractivity contribution in [2.45, 2.75) is 31.7 Å². The minimum atomic E-state index is 0.0370. The third-order valence-electron chi connectivity index (χ3n) is 2.83. The van der Waals surface area contributed by atoms with Crippen LogP contribution in [-0.2, 0) is 0 Å². The summed E-state index contributed by atoms with van der Waals surface area (Å²) in [4.78, 5) is 0. The lowest BCUT2D eigenvalue weighted by Gasteiger charge is -2.15. The zero-order valence-electron chi connectivity index (χ0n) is 7.50. The molecule has 0 bridgehead atoms. The second kappa shape index (κ2) is 3.72. The molecule has 0 aliphatic heterocycles. The molecular weight excluding hydrogens is 186 g/mol. The highest BCUT2D eigenvalue weighted by molar-refractivity contribution is 6.28. The molecule has 1 fully saturated rings. The second-order valence-corrected chi connectivity index (χ2v) is 4.08. The molecule has 1 heterocycles. The molecule has 0 spiro atoms. The molecule has 1 atom stereocenters. The van der Waals surface area contributed by atoms with Crippen LogP contribution in [0.15, 0.2) is 16.5 Å². The van der Waals surface area contributed by atoms with Gasteiger partial charge in [0.15, 0.2) is 5.22 Å². The van der Waals surface area contributed by atoms with Crippen LogP contribution in [0.5, 0.6) is 0 Å². The van der Waals surface area contributed by atoms with E-state index in [1.807, 2.05) is 6.07 Å². The summed E-state index contributed by atoms with van der Waals surface area (Å²) < 4.78 is 5.30. The third kappa shape index (κ3) is 1.89. The van der Waals surface area contributed by atoms with Gasteiger partial charge in [0, 0.05) is 0 Å². The molecule has 2 nitrogen and oxygen atoms in total. The van der Waals surface area contributed by atoms with E-state index in [-0.39, 0.29) is 6.04 Å². The van der Waals surface area contributed by atoms with Crippen molar-refractivity contribution in [1.82, 2.24) is 0 Å². The maximum absolute atomic E-state index is 6.06. The normalized spacial score (nSPS) is 20.8. The number of halogens is 1. The van der Waals surface area contributed by atoms with E-state index in [2.05, 4.69) is 0 Å². The zero-order valence-corrected chi connectivity index (χ0v) is 8.26. The van der Waals surface area contributed by atoms with E-state index < -0.39 is 0 Å². The molecule has 1 aliphatic carbocycles. The van der Waals surface area contributed by atoms with Gasteiger partial charge in [-0.3, -0.25) is 0 Å². The standard InChI is InChI=1S/C10H14ClNO/c11-9-6-5-8(13-9)10(12)7-3-1-2-4-7/h5-7,10H,1-4,12H2. The predicted octanol–water partition coefficient (Wildman–Crippen LogP) is 3.12. The first-order chi connectivity index (χ1) is 6.27. The largest absolute Gasteiger partial charge is 0.448 e. The lowest BCUT2D eigenvalue weighted by atomic mass is 9.97. The fraction of sp³-hybridized carbons (Fsp3) is 0.600. The monoisotopic (exact) mass is 199 g/mol. The van der Waals surface area contributed by atoms with Crippen LogP contribution in [0.1, 0.15) is 37.5 Å². The summed E-state index contributed by atoms with van der Waals surface area (Å²) in [5.41, 5.74) is 6.06. The van der Waals surface area contributed by atoms with Gasteiger partial charge in [-0.1, -0.05) is 12.8 Å². The molecule has 1 aromatic heterocycles. The van der Waals surface area contributed by atoms with Gasteiger partial charge >= 0.3 is 0 Å². The highest BCUT2D eigenvalue weighted by atomic mass is 35.5. The van der Waals surface area contributed by atoms with Crippen LogP contribution < -0.4 is 5.73 Å². The van der Waals surface area contributed by atoms with E-state index in [1.54, 1.807) is 6.07 Å². The van der Waals surface area contributed by atoms with Gasteiger partial charge in [-0.15, -0.1) is 0 Å². The van der Waals surface area contributed by atoms with Gasteiger partial charge in [-0.2, -0.15) is 0 Å². The van der Waals surface area contributed by atoms with Crippen LogP contribution >= 0.6 is 11.6 Å². The predicted molar refractivity (Wildman–Crippen MR) is 52.6 cm³/mol. The van der Waals surface area contributed by atoms with Crippen molar-refractivity contribution < 1.29 is 4.42 Å². The van der Waals surface area contributed by atoms with E-state index in [9.17, 15) is 0 Å². The minimum Gasteiger partial charge on any atom is -0.448 e. The van der Waals surface area contributed by atoms with Gasteiger partial charge in [0.1, 0.15) is 5.76 Å². The summed E-state index contributed by atoms with van der Waals surface area (Å²) in [5.74, 6) is 1.42. The minimum absolute atomic E-state index is 0.0370. The fourth-order valence-corrected chi connectivity index (χ4v) is 2.21. The smallest absolute Gasteiger partial charge is 0.193 e. The van der Waals surface area contributed by atoms with E-state index >= 15 is 0 Å². The Labute approximate surface area is 83.1 Å². The Hall–Kier alpha value is -0.470. The van der Waals surface area contributed by atoms with Crippen LogP contribution in [-0.4, -0.2) is 0 Å². The summed E-state index contributed by atoms with van der Waals surface area (Å²) in [5, 5.41) is 0.434. The number of nitrogens with two attached hydrogens (primary N) is 1. The van der Waals surface area contributed by atoms with E-state index in [0.717, 1.165) is 5.76 Å². The molecule has 2 rings (SSSR count). The van der Waals surface area contributed by atoms with Crippen LogP contribution in [0, 0.1) is 5.92 Å². The first-order valence-electron chi connectivity index (χ1n) is 4.78. The quantitative estimate of drug-likeness (QED) is 0.795. The lowest BCUT2D eigenvalue weighted by molar-refractivity contribution is 0.370. The number of hydrogen-bond acceptors (Lipinski definition) is 2. The molecule has 3 heteroatoms. The summed E-state index contributed by atoms with van der Waals surface area (Å²) in [7, 11) is 0. The van der Waals surface area contributed by atoms with Crippen LogP contribution in [0.25, 0.3) is 0 Å². The molecule has 0 radical (unpaired) electrons. The van der Waals surface area contributed by atoms with Gasteiger partial charge in [-0.25, -0.2) is 0 Å². The summed E-state index contributed by atoms with van der Waals surface area (Å²) in [6, 6.07) is 3.67. The van der Waals surface area contributed by atoms with Gasteiger partial charge in [-0.05, 0) is 42.5 Å². The highest BCUT2D eigenvalue weighted by Gasteiger charge is 2.25. The molecule has 1 saturated carbocycles. The van der Waals surface area contributed by atoms with Crippen LogP contribution in [0.2, 0.25) is 5.22 Å². The van der Waals surface area contributed by atoms with Crippen LogP contribution in [0.4, 0.5) is 0 Å². The van der Waals surface area contributed by atoms with E-state index in [4.69, 9.17) is 21.8 Å². The molecular formula is C10H14ClNO. The van der Waals surface area contributed by atoms with Gasteiger partial charge in [0.25, 0.3) is 0 Å². The number of furan rings is 1. The maximum Gasteiger partial charge on any atom is 0.193 e. The number of hydrogen-bond donors (Lipinski definition) is 1.